The number of imidazole rings is 2. The van der Waals surface area contributed by atoms with Crippen molar-refractivity contribution in [3.63, 3.8) is 0 Å². The maximum absolute atomic E-state index is 13.1. The summed E-state index contributed by atoms with van der Waals surface area (Å²) in [4.78, 5) is 22.1. The first-order valence-electron chi connectivity index (χ1n) is 12.8. The Bertz CT molecular complexity index is 1780. The van der Waals surface area contributed by atoms with Gasteiger partial charge in [0.2, 0.25) is 11.5 Å². The Kier molecular flexibility index (Phi) is 6.15. The Labute approximate surface area is 226 Å². The monoisotopic (exact) mass is 549 g/mol. The molecule has 1 N–H and O–H groups in total. The van der Waals surface area contributed by atoms with E-state index in [1.54, 1.807) is 30.0 Å². The Morgan fingerprint density at radius 3 is 2.42 bits per heavy atom. The molecule has 0 saturated heterocycles. The van der Waals surface area contributed by atoms with Crippen LogP contribution in [0.3, 0.4) is 0 Å². The SMILES string of the molecule is CCn1c(=N)n(Cc2ccc(-c3nc(C(F)(F)F)cn3C)cc2)c2nc(-c3c(OC)ncnc3C3CC3)ncc21. The summed E-state index contributed by atoms with van der Waals surface area (Å²) in [5.74, 6) is 1.37. The molecule has 4 aromatic heterocycles. The van der Waals surface area contributed by atoms with Crippen molar-refractivity contribution < 1.29 is 17.9 Å². The van der Waals surface area contributed by atoms with E-state index in [1.165, 1.54) is 17.9 Å². The van der Waals surface area contributed by atoms with Crippen LogP contribution in [-0.4, -0.2) is 45.7 Å². The summed E-state index contributed by atoms with van der Waals surface area (Å²) in [5.41, 5.74) is 3.54. The average molecular weight is 550 g/mol. The Morgan fingerprint density at radius 2 is 1.80 bits per heavy atom. The molecule has 1 aromatic carbocycles. The maximum atomic E-state index is 13.1. The van der Waals surface area contributed by atoms with Gasteiger partial charge in [-0.3, -0.25) is 9.98 Å². The molecule has 40 heavy (non-hydrogen) atoms. The first-order chi connectivity index (χ1) is 19.2. The van der Waals surface area contributed by atoms with Crippen molar-refractivity contribution in [2.45, 2.75) is 44.9 Å². The van der Waals surface area contributed by atoms with Gasteiger partial charge < -0.3 is 13.9 Å². The lowest BCUT2D eigenvalue weighted by atomic mass is 10.1. The second-order valence-corrected chi connectivity index (χ2v) is 9.73. The minimum Gasteiger partial charge on any atom is -0.480 e. The number of aromatic nitrogens is 8. The predicted octanol–water partition coefficient (Wildman–Crippen LogP) is 4.54. The quantitative estimate of drug-likeness (QED) is 0.319. The molecule has 5 aromatic rings. The molecular weight excluding hydrogens is 523 g/mol. The third-order valence-electron chi connectivity index (χ3n) is 7.07. The van der Waals surface area contributed by atoms with Gasteiger partial charge in [-0.15, -0.1) is 0 Å². The largest absolute Gasteiger partial charge is 0.480 e. The second-order valence-electron chi connectivity index (χ2n) is 9.73. The van der Waals surface area contributed by atoms with E-state index >= 15 is 0 Å². The van der Waals surface area contributed by atoms with Gasteiger partial charge in [0.25, 0.3) is 0 Å². The van der Waals surface area contributed by atoms with E-state index in [4.69, 9.17) is 15.1 Å². The molecule has 1 aliphatic carbocycles. The number of halogens is 3. The van der Waals surface area contributed by atoms with Crippen LogP contribution in [0.1, 0.15) is 42.6 Å². The van der Waals surface area contributed by atoms with Crippen LogP contribution in [-0.2, 0) is 26.3 Å². The topological polar surface area (TPSA) is 112 Å². The van der Waals surface area contributed by atoms with Crippen molar-refractivity contribution in [1.29, 1.82) is 5.41 Å². The number of ether oxygens (including phenoxy) is 1. The van der Waals surface area contributed by atoms with Gasteiger partial charge in [0, 0.05) is 31.3 Å². The molecule has 1 fully saturated rings. The summed E-state index contributed by atoms with van der Waals surface area (Å²) in [7, 11) is 3.08. The van der Waals surface area contributed by atoms with E-state index in [0.717, 1.165) is 30.3 Å². The first-order valence-corrected chi connectivity index (χ1v) is 12.8. The zero-order valence-electron chi connectivity index (χ0n) is 22.1. The summed E-state index contributed by atoms with van der Waals surface area (Å²) >= 11 is 0. The van der Waals surface area contributed by atoms with Gasteiger partial charge in [0.15, 0.2) is 17.2 Å². The fraction of sp³-hybridized carbons (Fsp3) is 0.333. The van der Waals surface area contributed by atoms with Crippen LogP contribution in [0.15, 0.2) is 43.0 Å². The molecular formula is C27H26F3N9O. The number of methoxy groups -OCH3 is 1. The fourth-order valence-electron chi connectivity index (χ4n) is 4.93. The minimum absolute atomic E-state index is 0.221. The van der Waals surface area contributed by atoms with E-state index < -0.39 is 11.9 Å². The van der Waals surface area contributed by atoms with Gasteiger partial charge in [-0.05, 0) is 25.3 Å². The highest BCUT2D eigenvalue weighted by molar-refractivity contribution is 5.76. The number of nitrogens with zero attached hydrogens (tertiary/aromatic N) is 8. The van der Waals surface area contributed by atoms with Gasteiger partial charge in [-0.25, -0.2) is 24.9 Å². The van der Waals surface area contributed by atoms with Crippen molar-refractivity contribution in [2.24, 2.45) is 7.05 Å². The molecule has 0 aliphatic heterocycles. The molecule has 13 heteroatoms. The van der Waals surface area contributed by atoms with Crippen LogP contribution in [0.4, 0.5) is 13.2 Å². The molecule has 0 spiro atoms. The summed E-state index contributed by atoms with van der Waals surface area (Å²) in [6, 6.07) is 7.10. The van der Waals surface area contributed by atoms with Crippen molar-refractivity contribution in [3.8, 4) is 28.7 Å². The number of alkyl halides is 3. The molecule has 1 aliphatic rings. The molecule has 6 rings (SSSR count). The number of hydrogen-bond acceptors (Lipinski definition) is 7. The number of hydrogen-bond donors (Lipinski definition) is 1. The second kappa shape index (κ2) is 9.57. The third kappa shape index (κ3) is 4.40. The van der Waals surface area contributed by atoms with Crippen LogP contribution in [0.25, 0.3) is 33.9 Å². The maximum Gasteiger partial charge on any atom is 0.434 e. The molecule has 0 bridgehead atoms. The lowest BCUT2D eigenvalue weighted by molar-refractivity contribution is -0.140. The highest BCUT2D eigenvalue weighted by Gasteiger charge is 2.34. The zero-order valence-corrected chi connectivity index (χ0v) is 22.1. The molecule has 0 atom stereocenters. The first kappa shape index (κ1) is 25.7. The average Bonchev–Trinajstić information content (AvgIpc) is 3.66. The lowest BCUT2D eigenvalue weighted by Gasteiger charge is -2.11. The predicted molar refractivity (Wildman–Crippen MR) is 139 cm³/mol. The standard InChI is InChI=1S/C27H26F3N9O/c1-4-38-18-11-32-22(20-21(16-9-10-16)33-14-34-25(20)40-3)36-24(18)39(26(38)31)12-15-5-7-17(8-6-15)23-35-19(13-37(23)2)27(28,29)30/h5-8,11,13-14,16,31H,4,9-10,12H2,1-3H3. The molecule has 206 valence electrons. The lowest BCUT2D eigenvalue weighted by Crippen LogP contribution is -2.24. The van der Waals surface area contributed by atoms with E-state index in [2.05, 4.69) is 19.9 Å². The molecule has 0 radical (unpaired) electrons. The molecule has 4 heterocycles. The number of fused-ring (bicyclic) bond motifs is 1. The van der Waals surface area contributed by atoms with Crippen molar-refractivity contribution >= 4 is 11.2 Å². The van der Waals surface area contributed by atoms with Gasteiger partial charge in [-0.2, -0.15) is 13.2 Å². The highest BCUT2D eigenvalue weighted by atomic mass is 19.4. The van der Waals surface area contributed by atoms with Gasteiger partial charge >= 0.3 is 6.18 Å². The third-order valence-corrected chi connectivity index (χ3v) is 7.07. The smallest absolute Gasteiger partial charge is 0.434 e. The van der Waals surface area contributed by atoms with Crippen molar-refractivity contribution in [1.82, 2.24) is 38.6 Å². The molecule has 10 nitrogen and oxygen atoms in total. The minimum atomic E-state index is -4.51. The molecule has 0 unspecified atom stereocenters. The van der Waals surface area contributed by atoms with Crippen molar-refractivity contribution in [2.75, 3.05) is 7.11 Å². The van der Waals surface area contributed by atoms with Gasteiger partial charge in [0.1, 0.15) is 23.2 Å². The molecule has 0 amide bonds. The summed E-state index contributed by atoms with van der Waals surface area (Å²) in [6.45, 7) is 2.83. The normalized spacial score (nSPS) is 13.8. The van der Waals surface area contributed by atoms with E-state index in [1.807, 2.05) is 23.6 Å². The highest BCUT2D eigenvalue weighted by Crippen LogP contribution is 2.44. The van der Waals surface area contributed by atoms with Crippen LogP contribution in [0.5, 0.6) is 5.88 Å². The van der Waals surface area contributed by atoms with E-state index in [0.29, 0.717) is 53.0 Å². The van der Waals surface area contributed by atoms with Crippen LogP contribution in [0, 0.1) is 5.41 Å². The number of rotatable bonds is 7. The van der Waals surface area contributed by atoms with Gasteiger partial charge in [-0.1, -0.05) is 24.3 Å². The van der Waals surface area contributed by atoms with Crippen LogP contribution < -0.4 is 10.4 Å². The molecule has 1 saturated carbocycles. The Balaban J connectivity index is 1.40. The van der Waals surface area contributed by atoms with E-state index in [-0.39, 0.29) is 11.4 Å². The summed E-state index contributed by atoms with van der Waals surface area (Å²) in [6.07, 6.45) is 1.73. The van der Waals surface area contributed by atoms with Crippen LogP contribution >= 0.6 is 0 Å². The fourth-order valence-corrected chi connectivity index (χ4v) is 4.93. The van der Waals surface area contributed by atoms with Gasteiger partial charge in [0.05, 0.1) is 25.5 Å². The number of aryl methyl sites for hydroxylation is 2. The zero-order chi connectivity index (χ0) is 28.2. The summed E-state index contributed by atoms with van der Waals surface area (Å²) < 4.78 is 49.9. The van der Waals surface area contributed by atoms with Crippen LogP contribution in [0.2, 0.25) is 0 Å². The van der Waals surface area contributed by atoms with Crippen molar-refractivity contribution in [3.05, 3.63) is 65.6 Å². The summed E-state index contributed by atoms with van der Waals surface area (Å²) in [5, 5.41) is 8.85. The Morgan fingerprint density at radius 1 is 1.05 bits per heavy atom. The van der Waals surface area contributed by atoms with E-state index in [9.17, 15) is 13.2 Å². The Hall–Kier alpha value is -4.55. The number of benzene rings is 1. The number of nitrogens with one attached hydrogen (secondary N) is 1.